The molecule has 0 bridgehead atoms. The van der Waals surface area contributed by atoms with Gasteiger partial charge in [0.1, 0.15) is 12.1 Å². The van der Waals surface area contributed by atoms with Crippen LogP contribution in [0.1, 0.15) is 23.3 Å². The van der Waals surface area contributed by atoms with Crippen LogP contribution in [-0.4, -0.2) is 45.3 Å². The van der Waals surface area contributed by atoms with Gasteiger partial charge in [0, 0.05) is 24.8 Å². The van der Waals surface area contributed by atoms with E-state index >= 15 is 0 Å². The van der Waals surface area contributed by atoms with E-state index in [0.717, 1.165) is 25.2 Å². The predicted molar refractivity (Wildman–Crippen MR) is 74.1 cm³/mol. The van der Waals surface area contributed by atoms with Crippen LogP contribution in [0.5, 0.6) is 0 Å². The smallest absolute Gasteiger partial charge is 0.357 e. The molecular formula is C14H15N3O4. The van der Waals surface area contributed by atoms with E-state index < -0.39 is 5.97 Å². The average Bonchev–Trinajstić information content (AvgIpc) is 2.98. The lowest BCUT2D eigenvalue weighted by Crippen LogP contribution is -2.36. The highest BCUT2D eigenvalue weighted by molar-refractivity contribution is 5.85. The molecule has 1 aliphatic rings. The molecule has 1 saturated heterocycles. The number of aliphatic hydroxyl groups is 1. The van der Waals surface area contributed by atoms with E-state index in [9.17, 15) is 9.90 Å². The van der Waals surface area contributed by atoms with E-state index in [1.54, 1.807) is 12.3 Å². The summed E-state index contributed by atoms with van der Waals surface area (Å²) < 4.78 is 5.19. The van der Waals surface area contributed by atoms with Gasteiger partial charge in [0.05, 0.1) is 6.10 Å². The van der Waals surface area contributed by atoms with Gasteiger partial charge in [-0.15, -0.1) is 0 Å². The van der Waals surface area contributed by atoms with Gasteiger partial charge in [-0.25, -0.2) is 14.8 Å². The molecule has 0 unspecified atom stereocenters. The maximum absolute atomic E-state index is 10.8. The lowest BCUT2D eigenvalue weighted by molar-refractivity contribution is 0.0690. The largest absolute Gasteiger partial charge is 0.476 e. The molecule has 0 spiro atoms. The summed E-state index contributed by atoms with van der Waals surface area (Å²) in [4.78, 5) is 21.1. The van der Waals surface area contributed by atoms with Gasteiger partial charge < -0.3 is 19.5 Å². The van der Waals surface area contributed by atoms with Crippen molar-refractivity contribution in [1.82, 2.24) is 9.97 Å². The van der Waals surface area contributed by atoms with Crippen molar-refractivity contribution in [3.8, 4) is 11.5 Å². The number of hydrogen-bond donors (Lipinski definition) is 2. The number of aromatic nitrogens is 2. The Hall–Kier alpha value is -2.41. The summed E-state index contributed by atoms with van der Waals surface area (Å²) in [6.45, 7) is 1.48. The Morgan fingerprint density at radius 2 is 2.14 bits per heavy atom. The Morgan fingerprint density at radius 1 is 1.38 bits per heavy atom. The van der Waals surface area contributed by atoms with Gasteiger partial charge in [0.25, 0.3) is 0 Å². The van der Waals surface area contributed by atoms with Crippen molar-refractivity contribution in [2.45, 2.75) is 18.9 Å². The van der Waals surface area contributed by atoms with Crippen molar-refractivity contribution in [1.29, 1.82) is 0 Å². The summed E-state index contributed by atoms with van der Waals surface area (Å²) in [6.07, 6.45) is 3.95. The molecule has 2 N–H and O–H groups in total. The van der Waals surface area contributed by atoms with E-state index in [0.29, 0.717) is 18.4 Å². The zero-order valence-electron chi connectivity index (χ0n) is 11.3. The van der Waals surface area contributed by atoms with Gasteiger partial charge in [0.15, 0.2) is 5.69 Å². The van der Waals surface area contributed by atoms with E-state index in [-0.39, 0.29) is 17.7 Å². The highest BCUT2D eigenvalue weighted by Crippen LogP contribution is 2.24. The Bertz CT molecular complexity index is 647. The molecule has 1 aliphatic heterocycles. The molecule has 0 aromatic carbocycles. The number of aliphatic hydroxyl groups excluding tert-OH is 1. The van der Waals surface area contributed by atoms with Crippen LogP contribution in [-0.2, 0) is 0 Å². The monoisotopic (exact) mass is 289 g/mol. The molecular weight excluding hydrogens is 274 g/mol. The second-order valence-corrected chi connectivity index (χ2v) is 4.96. The van der Waals surface area contributed by atoms with Crippen molar-refractivity contribution >= 4 is 11.8 Å². The number of anilines is 1. The first-order valence-electron chi connectivity index (χ1n) is 6.72. The second-order valence-electron chi connectivity index (χ2n) is 4.96. The highest BCUT2D eigenvalue weighted by atomic mass is 16.4. The van der Waals surface area contributed by atoms with Crippen LogP contribution in [0.25, 0.3) is 11.5 Å². The van der Waals surface area contributed by atoms with Crippen molar-refractivity contribution in [2.24, 2.45) is 0 Å². The van der Waals surface area contributed by atoms with E-state index in [1.165, 1.54) is 0 Å². The first-order valence-corrected chi connectivity index (χ1v) is 6.72. The van der Waals surface area contributed by atoms with Crippen LogP contribution >= 0.6 is 0 Å². The minimum Gasteiger partial charge on any atom is -0.476 e. The fourth-order valence-corrected chi connectivity index (χ4v) is 2.32. The minimum absolute atomic E-state index is 0.121. The van der Waals surface area contributed by atoms with Gasteiger partial charge in [-0.05, 0) is 25.0 Å². The molecule has 110 valence electrons. The number of carbonyl (C=O) groups is 1. The van der Waals surface area contributed by atoms with Crippen LogP contribution in [0.2, 0.25) is 0 Å². The fourth-order valence-electron chi connectivity index (χ4n) is 2.32. The molecule has 7 heteroatoms. The van der Waals surface area contributed by atoms with Gasteiger partial charge in [-0.3, -0.25) is 0 Å². The summed E-state index contributed by atoms with van der Waals surface area (Å²) in [7, 11) is 0. The van der Waals surface area contributed by atoms with E-state index in [1.807, 2.05) is 6.07 Å². The molecule has 0 saturated carbocycles. The fraction of sp³-hybridized carbons (Fsp3) is 0.357. The number of aromatic carboxylic acids is 1. The Labute approximate surface area is 120 Å². The maximum Gasteiger partial charge on any atom is 0.357 e. The van der Waals surface area contributed by atoms with Crippen LogP contribution in [0, 0.1) is 0 Å². The summed E-state index contributed by atoms with van der Waals surface area (Å²) in [5, 5.41) is 18.4. The molecule has 21 heavy (non-hydrogen) atoms. The molecule has 0 atom stereocenters. The third-order valence-corrected chi connectivity index (χ3v) is 3.50. The van der Waals surface area contributed by atoms with Gasteiger partial charge in [0.2, 0.25) is 5.89 Å². The Morgan fingerprint density at radius 3 is 2.81 bits per heavy atom. The number of piperidine rings is 1. The van der Waals surface area contributed by atoms with Crippen LogP contribution in [0.15, 0.2) is 29.0 Å². The first kappa shape index (κ1) is 13.6. The molecule has 0 aliphatic carbocycles. The third kappa shape index (κ3) is 2.87. The molecule has 3 heterocycles. The average molecular weight is 289 g/mol. The SMILES string of the molecule is O=C(O)c1coc(-c2ccnc(N3CCC(O)CC3)c2)n1. The number of carboxylic acids is 1. The quantitative estimate of drug-likeness (QED) is 0.880. The standard InChI is InChI=1S/C14H15N3O4/c18-10-2-5-17(6-3-10)12-7-9(1-4-15-12)13-16-11(8-21-13)14(19)20/h1,4,7-8,10,18H,2-3,5-6H2,(H,19,20). The van der Waals surface area contributed by atoms with Crippen molar-refractivity contribution in [3.05, 3.63) is 30.3 Å². The summed E-state index contributed by atoms with van der Waals surface area (Å²) in [5.41, 5.74) is 0.558. The summed E-state index contributed by atoms with van der Waals surface area (Å²) >= 11 is 0. The van der Waals surface area contributed by atoms with Crippen LogP contribution in [0.4, 0.5) is 5.82 Å². The Balaban J connectivity index is 1.83. The molecule has 3 rings (SSSR count). The molecule has 0 amide bonds. The third-order valence-electron chi connectivity index (χ3n) is 3.50. The number of carboxylic acid groups (broad SMARTS) is 1. The topological polar surface area (TPSA) is 99.7 Å². The molecule has 2 aromatic rings. The number of rotatable bonds is 3. The minimum atomic E-state index is -1.12. The number of pyridine rings is 1. The molecule has 7 nitrogen and oxygen atoms in total. The Kier molecular flexibility index (Phi) is 3.57. The van der Waals surface area contributed by atoms with Gasteiger partial charge in [-0.1, -0.05) is 0 Å². The summed E-state index contributed by atoms with van der Waals surface area (Å²) in [5.74, 6) is -0.0909. The second kappa shape index (κ2) is 5.53. The normalized spacial score (nSPS) is 16.1. The zero-order valence-corrected chi connectivity index (χ0v) is 11.3. The van der Waals surface area contributed by atoms with E-state index in [2.05, 4.69) is 14.9 Å². The number of hydrogen-bond acceptors (Lipinski definition) is 6. The molecule has 1 fully saturated rings. The maximum atomic E-state index is 10.8. The lowest BCUT2D eigenvalue weighted by Gasteiger charge is -2.30. The van der Waals surface area contributed by atoms with Gasteiger partial charge >= 0.3 is 5.97 Å². The van der Waals surface area contributed by atoms with Crippen molar-refractivity contribution in [3.63, 3.8) is 0 Å². The highest BCUT2D eigenvalue weighted by Gasteiger charge is 2.19. The first-order chi connectivity index (χ1) is 10.1. The number of nitrogens with zero attached hydrogens (tertiary/aromatic N) is 3. The lowest BCUT2D eigenvalue weighted by atomic mass is 10.1. The summed E-state index contributed by atoms with van der Waals surface area (Å²) in [6, 6.07) is 3.54. The molecule has 2 aromatic heterocycles. The zero-order chi connectivity index (χ0) is 14.8. The molecule has 0 radical (unpaired) electrons. The predicted octanol–water partition coefficient (Wildman–Crippen LogP) is 1.40. The van der Waals surface area contributed by atoms with Crippen LogP contribution < -0.4 is 4.90 Å². The van der Waals surface area contributed by atoms with E-state index in [4.69, 9.17) is 9.52 Å². The number of oxazole rings is 1. The van der Waals surface area contributed by atoms with Gasteiger partial charge in [-0.2, -0.15) is 0 Å². The van der Waals surface area contributed by atoms with Crippen molar-refractivity contribution < 1.29 is 19.4 Å². The van der Waals surface area contributed by atoms with Crippen LogP contribution in [0.3, 0.4) is 0 Å². The van der Waals surface area contributed by atoms with Crippen molar-refractivity contribution in [2.75, 3.05) is 18.0 Å².